The van der Waals surface area contributed by atoms with E-state index >= 15 is 0 Å². The zero-order chi connectivity index (χ0) is 18.9. The van der Waals surface area contributed by atoms with Crippen molar-refractivity contribution < 1.29 is 23.1 Å². The number of carbonyl (C=O) groups excluding carboxylic acids is 1. The van der Waals surface area contributed by atoms with Gasteiger partial charge in [-0.25, -0.2) is 4.98 Å². The molecule has 26 heavy (non-hydrogen) atoms. The third kappa shape index (κ3) is 3.69. The average Bonchev–Trinajstić information content (AvgIpc) is 2.93. The monoisotopic (exact) mass is 367 g/mol. The number of amides is 1. The lowest BCUT2D eigenvalue weighted by atomic mass is 10.1. The average molecular weight is 367 g/mol. The molecule has 7 nitrogen and oxygen atoms in total. The van der Waals surface area contributed by atoms with Gasteiger partial charge in [0, 0.05) is 31.2 Å². The summed E-state index contributed by atoms with van der Waals surface area (Å²) in [6, 6.07) is 5.08. The number of nitrogens with one attached hydrogen (secondary N) is 2. The third-order valence-electron chi connectivity index (χ3n) is 3.86. The van der Waals surface area contributed by atoms with Crippen LogP contribution in [0, 0.1) is 0 Å². The maximum Gasteiger partial charge on any atom is 0.421 e. The molecule has 2 heterocycles. The van der Waals surface area contributed by atoms with Crippen LogP contribution < -0.4 is 15.5 Å². The number of hydrogen-bond acceptors (Lipinski definition) is 6. The molecule has 0 aliphatic carbocycles. The fourth-order valence-corrected chi connectivity index (χ4v) is 2.62. The topological polar surface area (TPSA) is 90.4 Å². The molecule has 10 heteroatoms. The first-order valence-electron chi connectivity index (χ1n) is 7.74. The predicted octanol–water partition coefficient (Wildman–Crippen LogP) is 2.16. The molecule has 2 aromatic rings. The van der Waals surface area contributed by atoms with E-state index < -0.39 is 11.7 Å². The number of rotatable bonds is 5. The quantitative estimate of drug-likeness (QED) is 0.750. The van der Waals surface area contributed by atoms with Gasteiger partial charge in [0.2, 0.25) is 11.9 Å². The lowest BCUT2D eigenvalue weighted by Gasteiger charge is -2.21. The number of anilines is 4. The summed E-state index contributed by atoms with van der Waals surface area (Å²) in [6.45, 7) is -0.321. The van der Waals surface area contributed by atoms with Crippen LogP contribution in [0.5, 0.6) is 0 Å². The highest BCUT2D eigenvalue weighted by Gasteiger charge is 2.36. The predicted molar refractivity (Wildman–Crippen MR) is 89.4 cm³/mol. The summed E-state index contributed by atoms with van der Waals surface area (Å²) in [4.78, 5) is 20.3. The molecule has 0 radical (unpaired) electrons. The smallest absolute Gasteiger partial charge is 0.395 e. The van der Waals surface area contributed by atoms with Gasteiger partial charge in [-0.3, -0.25) is 4.79 Å². The van der Waals surface area contributed by atoms with Crippen LogP contribution in [0.2, 0.25) is 0 Å². The number of nitrogens with zero attached hydrogens (tertiary/aromatic N) is 3. The van der Waals surface area contributed by atoms with Crippen LogP contribution in [0.4, 0.5) is 36.3 Å². The van der Waals surface area contributed by atoms with Crippen LogP contribution in [-0.2, 0) is 17.4 Å². The summed E-state index contributed by atoms with van der Waals surface area (Å²) < 4.78 is 39.5. The maximum absolute atomic E-state index is 13.2. The van der Waals surface area contributed by atoms with Crippen LogP contribution in [0.1, 0.15) is 11.1 Å². The molecular weight excluding hydrogens is 351 g/mol. The SMILES string of the molecule is CN(CCO)c1nc(Nc2ccc3c(c2)CC(=O)N3)ncc1C(F)(F)F. The van der Waals surface area contributed by atoms with Crippen molar-refractivity contribution in [2.45, 2.75) is 12.6 Å². The molecule has 0 spiro atoms. The highest BCUT2D eigenvalue weighted by molar-refractivity contribution is 5.99. The Morgan fingerprint density at radius 2 is 2.15 bits per heavy atom. The number of hydrogen-bond donors (Lipinski definition) is 3. The van der Waals surface area contributed by atoms with E-state index in [0.29, 0.717) is 17.6 Å². The van der Waals surface area contributed by atoms with Gasteiger partial charge in [-0.15, -0.1) is 0 Å². The van der Waals surface area contributed by atoms with E-state index in [1.165, 1.54) is 11.9 Å². The molecule has 138 valence electrons. The zero-order valence-electron chi connectivity index (χ0n) is 13.8. The van der Waals surface area contributed by atoms with Crippen molar-refractivity contribution in [2.75, 3.05) is 35.7 Å². The van der Waals surface area contributed by atoms with Crippen molar-refractivity contribution in [3.05, 3.63) is 35.5 Å². The first-order chi connectivity index (χ1) is 12.3. The van der Waals surface area contributed by atoms with Gasteiger partial charge < -0.3 is 20.6 Å². The van der Waals surface area contributed by atoms with Gasteiger partial charge in [0.05, 0.1) is 13.0 Å². The van der Waals surface area contributed by atoms with Crippen molar-refractivity contribution in [1.29, 1.82) is 0 Å². The molecule has 1 amide bonds. The molecule has 0 saturated heterocycles. The number of carbonyl (C=O) groups is 1. The molecule has 1 aliphatic heterocycles. The lowest BCUT2D eigenvalue weighted by Crippen LogP contribution is -2.26. The summed E-state index contributed by atoms with van der Waals surface area (Å²) in [5.41, 5.74) is 1.06. The molecule has 1 aromatic carbocycles. The first-order valence-corrected chi connectivity index (χ1v) is 7.74. The zero-order valence-corrected chi connectivity index (χ0v) is 13.8. The summed E-state index contributed by atoms with van der Waals surface area (Å²) in [5.74, 6) is -0.465. The second-order valence-corrected chi connectivity index (χ2v) is 5.80. The van der Waals surface area contributed by atoms with E-state index in [9.17, 15) is 18.0 Å². The lowest BCUT2D eigenvalue weighted by molar-refractivity contribution is -0.137. The molecule has 3 rings (SSSR count). The van der Waals surface area contributed by atoms with Gasteiger partial charge in [0.25, 0.3) is 0 Å². The summed E-state index contributed by atoms with van der Waals surface area (Å²) >= 11 is 0. The molecule has 0 unspecified atom stereocenters. The second-order valence-electron chi connectivity index (χ2n) is 5.80. The second kappa shape index (κ2) is 6.79. The van der Waals surface area contributed by atoms with E-state index in [-0.39, 0.29) is 37.2 Å². The minimum absolute atomic E-state index is 0.00778. The Morgan fingerprint density at radius 1 is 1.38 bits per heavy atom. The Balaban J connectivity index is 1.90. The number of halogens is 3. The van der Waals surface area contributed by atoms with Gasteiger partial charge in [-0.05, 0) is 23.8 Å². The van der Waals surface area contributed by atoms with Crippen LogP contribution in [0.25, 0.3) is 0 Å². The molecule has 0 bridgehead atoms. The van der Waals surface area contributed by atoms with Crippen LogP contribution in [0.15, 0.2) is 24.4 Å². The van der Waals surface area contributed by atoms with E-state index in [4.69, 9.17) is 5.11 Å². The Bertz CT molecular complexity index is 841. The number of aliphatic hydroxyl groups is 1. The third-order valence-corrected chi connectivity index (χ3v) is 3.86. The van der Waals surface area contributed by atoms with Crippen molar-refractivity contribution in [2.24, 2.45) is 0 Å². The number of aromatic nitrogens is 2. The van der Waals surface area contributed by atoms with Gasteiger partial charge in [-0.1, -0.05) is 0 Å². The minimum atomic E-state index is -4.61. The summed E-state index contributed by atoms with van der Waals surface area (Å²) in [6.07, 6.45) is -3.67. The van der Waals surface area contributed by atoms with Crippen molar-refractivity contribution in [3.8, 4) is 0 Å². The van der Waals surface area contributed by atoms with Crippen molar-refractivity contribution in [3.63, 3.8) is 0 Å². The van der Waals surface area contributed by atoms with Crippen molar-refractivity contribution >= 4 is 29.0 Å². The van der Waals surface area contributed by atoms with Gasteiger partial charge in [-0.2, -0.15) is 18.2 Å². The highest BCUT2D eigenvalue weighted by atomic mass is 19.4. The van der Waals surface area contributed by atoms with Crippen LogP contribution in [-0.4, -0.2) is 41.2 Å². The molecule has 0 saturated carbocycles. The first kappa shape index (κ1) is 17.9. The Labute approximate surface area is 146 Å². The van der Waals surface area contributed by atoms with Gasteiger partial charge in [0.15, 0.2) is 0 Å². The van der Waals surface area contributed by atoms with E-state index in [1.54, 1.807) is 18.2 Å². The number of benzene rings is 1. The molecule has 0 fully saturated rings. The molecular formula is C16H16F3N5O2. The van der Waals surface area contributed by atoms with E-state index in [0.717, 1.165) is 5.56 Å². The minimum Gasteiger partial charge on any atom is -0.395 e. The van der Waals surface area contributed by atoms with Crippen molar-refractivity contribution in [1.82, 2.24) is 9.97 Å². The largest absolute Gasteiger partial charge is 0.421 e. The molecule has 3 N–H and O–H groups in total. The summed E-state index contributed by atoms with van der Waals surface area (Å²) in [7, 11) is 1.41. The number of alkyl halides is 3. The summed E-state index contributed by atoms with van der Waals surface area (Å²) in [5, 5.41) is 14.5. The van der Waals surface area contributed by atoms with Gasteiger partial charge >= 0.3 is 6.18 Å². The van der Waals surface area contributed by atoms with Gasteiger partial charge in [0.1, 0.15) is 11.4 Å². The number of fused-ring (bicyclic) bond motifs is 1. The molecule has 1 aromatic heterocycles. The van der Waals surface area contributed by atoms with Crippen LogP contribution in [0.3, 0.4) is 0 Å². The maximum atomic E-state index is 13.2. The van der Waals surface area contributed by atoms with E-state index in [1.807, 2.05) is 0 Å². The van der Waals surface area contributed by atoms with E-state index in [2.05, 4.69) is 20.6 Å². The number of aliphatic hydroxyl groups excluding tert-OH is 1. The molecule has 0 atom stereocenters. The Kier molecular flexibility index (Phi) is 4.68. The fraction of sp³-hybridized carbons (Fsp3) is 0.312. The standard InChI is InChI=1S/C16H16F3N5O2/c1-24(4-5-25)14-11(16(17,18)19)8-20-15(23-14)21-10-2-3-12-9(6-10)7-13(26)22-12/h2-3,6,8,25H,4-5,7H2,1H3,(H,22,26)(H,20,21,23). The van der Waals surface area contributed by atoms with Crippen LogP contribution >= 0.6 is 0 Å². The Hall–Kier alpha value is -2.88. The number of likely N-dealkylation sites (N-methyl/N-ethyl adjacent to an activating group) is 1. The highest BCUT2D eigenvalue weighted by Crippen LogP contribution is 2.35. The fourth-order valence-electron chi connectivity index (χ4n) is 2.62. The Morgan fingerprint density at radius 3 is 2.85 bits per heavy atom. The molecule has 1 aliphatic rings. The normalized spacial score (nSPS) is 13.3.